The molecule has 3 rings (SSSR count). The van der Waals surface area contributed by atoms with Crippen molar-refractivity contribution in [2.24, 2.45) is 0 Å². The van der Waals surface area contributed by atoms with Crippen LogP contribution in [0.2, 0.25) is 0 Å². The number of amides is 1. The number of methoxy groups -OCH3 is 1. The van der Waals surface area contributed by atoms with Gasteiger partial charge in [-0.15, -0.1) is 0 Å². The van der Waals surface area contributed by atoms with E-state index in [-0.39, 0.29) is 22.1 Å². The quantitative estimate of drug-likeness (QED) is 0.742. The summed E-state index contributed by atoms with van der Waals surface area (Å²) in [5, 5.41) is 2.78. The number of carbonyl (C=O) groups is 1. The second-order valence-corrected chi connectivity index (χ2v) is 8.54. The SMILES string of the molecule is CCCNC(=O)c1ccccc1NS(=O)(=O)c1cc2c(cc1OC)CCCC2. The first-order valence-electron chi connectivity index (χ1n) is 9.56. The lowest BCUT2D eigenvalue weighted by Gasteiger charge is -2.20. The molecule has 28 heavy (non-hydrogen) atoms. The zero-order chi connectivity index (χ0) is 20.1. The molecule has 0 heterocycles. The highest BCUT2D eigenvalue weighted by molar-refractivity contribution is 7.92. The molecule has 6 nitrogen and oxygen atoms in total. The standard InChI is InChI=1S/C21H26N2O4S/c1-3-12-22-21(24)17-10-6-7-11-18(17)23-28(25,26)20-14-16-9-5-4-8-15(16)13-19(20)27-2/h6-7,10-11,13-14,23H,3-5,8-9,12H2,1-2H3,(H,22,24). The zero-order valence-corrected chi connectivity index (χ0v) is 17.1. The molecule has 0 fully saturated rings. The van der Waals surface area contributed by atoms with Crippen molar-refractivity contribution >= 4 is 21.6 Å². The third-order valence-corrected chi connectivity index (χ3v) is 6.26. The lowest BCUT2D eigenvalue weighted by Crippen LogP contribution is -2.26. The molecule has 0 saturated carbocycles. The molecule has 0 bridgehead atoms. The Labute approximate surface area is 166 Å². The van der Waals surface area contributed by atoms with Crippen molar-refractivity contribution < 1.29 is 17.9 Å². The number of anilines is 1. The van der Waals surface area contributed by atoms with E-state index in [1.165, 1.54) is 7.11 Å². The number of hydrogen-bond acceptors (Lipinski definition) is 4. The van der Waals surface area contributed by atoms with Gasteiger partial charge in [0.15, 0.2) is 0 Å². The summed E-state index contributed by atoms with van der Waals surface area (Å²) >= 11 is 0. The molecule has 0 atom stereocenters. The minimum Gasteiger partial charge on any atom is -0.495 e. The Kier molecular flexibility index (Phi) is 6.24. The third-order valence-electron chi connectivity index (χ3n) is 4.87. The van der Waals surface area contributed by atoms with Crippen molar-refractivity contribution in [2.45, 2.75) is 43.9 Å². The van der Waals surface area contributed by atoms with Gasteiger partial charge in [0.25, 0.3) is 15.9 Å². The molecule has 1 aliphatic carbocycles. The Morgan fingerprint density at radius 1 is 1.11 bits per heavy atom. The average Bonchev–Trinajstić information content (AvgIpc) is 2.71. The van der Waals surface area contributed by atoms with Gasteiger partial charge in [0, 0.05) is 6.54 Å². The predicted molar refractivity (Wildman–Crippen MR) is 110 cm³/mol. The molecule has 1 amide bonds. The van der Waals surface area contributed by atoms with Crippen LogP contribution in [0.3, 0.4) is 0 Å². The molecule has 0 unspecified atom stereocenters. The minimum atomic E-state index is -3.92. The lowest BCUT2D eigenvalue weighted by atomic mass is 9.92. The highest BCUT2D eigenvalue weighted by Crippen LogP contribution is 2.33. The first kappa shape index (κ1) is 20.2. The molecule has 2 aromatic carbocycles. The van der Waals surface area contributed by atoms with Crippen molar-refractivity contribution in [3.05, 3.63) is 53.1 Å². The molecule has 7 heteroatoms. The maximum absolute atomic E-state index is 13.1. The highest BCUT2D eigenvalue weighted by atomic mass is 32.2. The Morgan fingerprint density at radius 2 is 1.79 bits per heavy atom. The summed E-state index contributed by atoms with van der Waals surface area (Å²) in [4.78, 5) is 12.5. The molecule has 0 saturated heterocycles. The van der Waals surface area contributed by atoms with Gasteiger partial charge in [0.1, 0.15) is 10.6 Å². The summed E-state index contributed by atoms with van der Waals surface area (Å²) < 4.78 is 34.2. The van der Waals surface area contributed by atoms with Gasteiger partial charge in [0.2, 0.25) is 0 Å². The number of rotatable bonds is 7. The van der Waals surface area contributed by atoms with E-state index >= 15 is 0 Å². The summed E-state index contributed by atoms with van der Waals surface area (Å²) in [5.74, 6) is 0.0126. The molecule has 150 valence electrons. The van der Waals surface area contributed by atoms with Crippen molar-refractivity contribution in [3.63, 3.8) is 0 Å². The van der Waals surface area contributed by atoms with Crippen molar-refractivity contribution in [1.29, 1.82) is 0 Å². The number of carbonyl (C=O) groups excluding carboxylic acids is 1. The van der Waals surface area contributed by atoms with Crippen molar-refractivity contribution in [2.75, 3.05) is 18.4 Å². The molecule has 0 aliphatic heterocycles. The second-order valence-electron chi connectivity index (χ2n) is 6.89. The fourth-order valence-corrected chi connectivity index (χ4v) is 4.70. The van der Waals surface area contributed by atoms with Crippen LogP contribution in [-0.2, 0) is 22.9 Å². The highest BCUT2D eigenvalue weighted by Gasteiger charge is 2.25. The number of benzene rings is 2. The van der Waals surface area contributed by atoms with Gasteiger partial charge in [-0.1, -0.05) is 19.1 Å². The van der Waals surface area contributed by atoms with Crippen LogP contribution < -0.4 is 14.8 Å². The van der Waals surface area contributed by atoms with Crippen LogP contribution in [0.1, 0.15) is 47.7 Å². The van der Waals surface area contributed by atoms with Crippen LogP contribution >= 0.6 is 0 Å². The minimum absolute atomic E-state index is 0.0967. The Balaban J connectivity index is 1.96. The van der Waals surface area contributed by atoms with E-state index < -0.39 is 10.0 Å². The Bertz CT molecular complexity index is 970. The van der Waals surface area contributed by atoms with Crippen LogP contribution in [-0.4, -0.2) is 28.0 Å². The molecule has 0 radical (unpaired) electrons. The topological polar surface area (TPSA) is 84.5 Å². The van der Waals surface area contributed by atoms with E-state index in [1.807, 2.05) is 13.0 Å². The second kappa shape index (κ2) is 8.65. The summed E-state index contributed by atoms with van der Waals surface area (Å²) in [6, 6.07) is 10.1. The number of para-hydroxylation sites is 1. The van der Waals surface area contributed by atoms with Crippen LogP contribution in [0.5, 0.6) is 5.75 Å². The fraction of sp³-hybridized carbons (Fsp3) is 0.381. The predicted octanol–water partition coefficient (Wildman–Crippen LogP) is 3.51. The maximum Gasteiger partial charge on any atom is 0.265 e. The Hall–Kier alpha value is -2.54. The monoisotopic (exact) mass is 402 g/mol. The lowest BCUT2D eigenvalue weighted by molar-refractivity contribution is 0.0954. The number of hydrogen-bond donors (Lipinski definition) is 2. The summed E-state index contributed by atoms with van der Waals surface area (Å²) in [6.45, 7) is 2.48. The number of fused-ring (bicyclic) bond motifs is 1. The number of aryl methyl sites for hydroxylation is 2. The molecule has 0 aromatic heterocycles. The average molecular weight is 403 g/mol. The largest absolute Gasteiger partial charge is 0.495 e. The van der Waals surface area contributed by atoms with E-state index in [0.29, 0.717) is 12.3 Å². The maximum atomic E-state index is 13.1. The van der Waals surface area contributed by atoms with E-state index in [4.69, 9.17) is 4.74 Å². The van der Waals surface area contributed by atoms with Gasteiger partial charge in [-0.25, -0.2) is 8.42 Å². The number of sulfonamides is 1. The number of ether oxygens (including phenoxy) is 1. The molecular weight excluding hydrogens is 376 g/mol. The van der Waals surface area contributed by atoms with E-state index in [0.717, 1.165) is 43.2 Å². The first-order chi connectivity index (χ1) is 13.5. The van der Waals surface area contributed by atoms with Gasteiger partial charge in [0.05, 0.1) is 18.4 Å². The summed E-state index contributed by atoms with van der Waals surface area (Å²) in [7, 11) is -2.45. The zero-order valence-electron chi connectivity index (χ0n) is 16.2. The van der Waals surface area contributed by atoms with Crippen LogP contribution in [0.15, 0.2) is 41.3 Å². The summed E-state index contributed by atoms with van der Waals surface area (Å²) in [6.07, 6.45) is 4.73. The number of nitrogens with one attached hydrogen (secondary N) is 2. The molecule has 2 aromatic rings. The van der Waals surface area contributed by atoms with Crippen molar-refractivity contribution in [3.8, 4) is 5.75 Å². The van der Waals surface area contributed by atoms with Crippen molar-refractivity contribution in [1.82, 2.24) is 5.32 Å². The third kappa shape index (κ3) is 4.30. The van der Waals surface area contributed by atoms with Gasteiger partial charge in [-0.05, 0) is 67.5 Å². The van der Waals surface area contributed by atoms with Gasteiger partial charge >= 0.3 is 0 Å². The Morgan fingerprint density at radius 3 is 2.46 bits per heavy atom. The van der Waals surface area contributed by atoms with E-state index in [1.54, 1.807) is 30.3 Å². The molecule has 2 N–H and O–H groups in total. The van der Waals surface area contributed by atoms with Gasteiger partial charge in [-0.2, -0.15) is 0 Å². The normalized spacial score (nSPS) is 13.5. The van der Waals surface area contributed by atoms with Gasteiger partial charge < -0.3 is 10.1 Å². The van der Waals surface area contributed by atoms with Gasteiger partial charge in [-0.3, -0.25) is 9.52 Å². The summed E-state index contributed by atoms with van der Waals surface area (Å²) in [5.41, 5.74) is 2.72. The first-order valence-corrected chi connectivity index (χ1v) is 11.0. The molecule has 1 aliphatic rings. The smallest absolute Gasteiger partial charge is 0.265 e. The fourth-order valence-electron chi connectivity index (χ4n) is 3.41. The van der Waals surface area contributed by atoms with Crippen LogP contribution in [0.4, 0.5) is 5.69 Å². The molecular formula is C21H26N2O4S. The van der Waals surface area contributed by atoms with E-state index in [9.17, 15) is 13.2 Å². The van der Waals surface area contributed by atoms with E-state index in [2.05, 4.69) is 10.0 Å². The molecule has 0 spiro atoms. The van der Waals surface area contributed by atoms with Crippen LogP contribution in [0.25, 0.3) is 0 Å². The van der Waals surface area contributed by atoms with Crippen LogP contribution in [0, 0.1) is 0 Å².